The van der Waals surface area contributed by atoms with Crippen molar-refractivity contribution in [3.63, 3.8) is 0 Å². The maximum Gasteiger partial charge on any atom is 0.119 e. The molecule has 0 radical (unpaired) electrons. The summed E-state index contributed by atoms with van der Waals surface area (Å²) in [7, 11) is 0. The molecular formula is C16H25NO2. The molecule has 0 amide bonds. The van der Waals surface area contributed by atoms with Crippen LogP contribution in [0.25, 0.3) is 0 Å². The van der Waals surface area contributed by atoms with Crippen molar-refractivity contribution in [1.82, 2.24) is 0 Å². The fourth-order valence-electron chi connectivity index (χ4n) is 2.54. The van der Waals surface area contributed by atoms with Gasteiger partial charge in [0.05, 0.1) is 5.60 Å². The highest BCUT2D eigenvalue weighted by Gasteiger charge is 2.31. The lowest BCUT2D eigenvalue weighted by Crippen LogP contribution is -2.32. The molecule has 1 atom stereocenters. The van der Waals surface area contributed by atoms with E-state index in [-0.39, 0.29) is 6.04 Å². The van der Waals surface area contributed by atoms with Gasteiger partial charge in [-0.3, -0.25) is 0 Å². The molecule has 1 aliphatic rings. The molecule has 3 heteroatoms. The Morgan fingerprint density at radius 1 is 1.26 bits per heavy atom. The summed E-state index contributed by atoms with van der Waals surface area (Å²) in [4.78, 5) is 0. The van der Waals surface area contributed by atoms with Gasteiger partial charge in [0.2, 0.25) is 0 Å². The first-order chi connectivity index (χ1) is 9.07. The molecule has 0 saturated heterocycles. The van der Waals surface area contributed by atoms with Crippen LogP contribution in [0.1, 0.15) is 44.6 Å². The van der Waals surface area contributed by atoms with Gasteiger partial charge < -0.3 is 15.6 Å². The molecule has 0 aromatic heterocycles. The predicted octanol–water partition coefficient (Wildman–Crippen LogP) is 2.65. The van der Waals surface area contributed by atoms with Gasteiger partial charge in [0.15, 0.2) is 0 Å². The minimum absolute atomic E-state index is 0.243. The minimum atomic E-state index is -0.604. The lowest BCUT2D eigenvalue weighted by atomic mass is 10.0. The first-order valence-electron chi connectivity index (χ1n) is 7.27. The van der Waals surface area contributed by atoms with Crippen molar-refractivity contribution in [3.05, 3.63) is 29.8 Å². The first-order valence-corrected chi connectivity index (χ1v) is 7.27. The highest BCUT2D eigenvalue weighted by atomic mass is 16.5. The van der Waals surface area contributed by atoms with Crippen molar-refractivity contribution >= 4 is 0 Å². The Balaban J connectivity index is 1.81. The molecule has 19 heavy (non-hydrogen) atoms. The van der Waals surface area contributed by atoms with Gasteiger partial charge in [-0.1, -0.05) is 25.0 Å². The Hall–Kier alpha value is -1.06. The van der Waals surface area contributed by atoms with Gasteiger partial charge in [0, 0.05) is 6.04 Å². The zero-order chi connectivity index (χ0) is 13.7. The molecule has 1 aromatic rings. The second kappa shape index (κ2) is 6.40. The number of aliphatic hydroxyl groups is 1. The topological polar surface area (TPSA) is 55.5 Å². The summed E-state index contributed by atoms with van der Waals surface area (Å²) in [6.45, 7) is 2.44. The van der Waals surface area contributed by atoms with E-state index in [0.717, 1.165) is 44.3 Å². The third-order valence-corrected chi connectivity index (χ3v) is 3.85. The molecular weight excluding hydrogens is 238 g/mol. The van der Waals surface area contributed by atoms with Crippen LogP contribution >= 0.6 is 0 Å². The Morgan fingerprint density at radius 2 is 1.89 bits per heavy atom. The van der Waals surface area contributed by atoms with Crippen LogP contribution in [0.15, 0.2) is 24.3 Å². The van der Waals surface area contributed by atoms with Crippen LogP contribution < -0.4 is 10.5 Å². The highest BCUT2D eigenvalue weighted by molar-refractivity contribution is 5.27. The summed E-state index contributed by atoms with van der Waals surface area (Å²) in [5.74, 6) is 0.838. The second-order valence-corrected chi connectivity index (χ2v) is 5.88. The van der Waals surface area contributed by atoms with Crippen molar-refractivity contribution in [2.24, 2.45) is 5.73 Å². The Bertz CT molecular complexity index is 380. The fraction of sp³-hybridized carbons (Fsp3) is 0.625. The van der Waals surface area contributed by atoms with E-state index >= 15 is 0 Å². The molecule has 1 aromatic carbocycles. The summed E-state index contributed by atoms with van der Waals surface area (Å²) in [6, 6.07) is 8.36. The number of aryl methyl sites for hydroxylation is 1. The minimum Gasteiger partial charge on any atom is -0.491 e. The van der Waals surface area contributed by atoms with E-state index in [4.69, 9.17) is 10.5 Å². The van der Waals surface area contributed by atoms with Gasteiger partial charge in [-0.05, 0) is 50.3 Å². The van der Waals surface area contributed by atoms with Crippen LogP contribution in [0.5, 0.6) is 5.75 Å². The average Bonchev–Trinajstić information content (AvgIpc) is 2.83. The SMILES string of the molecule is CC(N)CCc1ccc(OCC2(O)CCCC2)cc1. The third kappa shape index (κ3) is 4.51. The van der Waals surface area contributed by atoms with Gasteiger partial charge in [-0.25, -0.2) is 0 Å². The van der Waals surface area contributed by atoms with Gasteiger partial charge in [-0.15, -0.1) is 0 Å². The second-order valence-electron chi connectivity index (χ2n) is 5.88. The van der Waals surface area contributed by atoms with Crippen LogP contribution in [0.2, 0.25) is 0 Å². The van der Waals surface area contributed by atoms with Gasteiger partial charge in [-0.2, -0.15) is 0 Å². The Kier molecular flexibility index (Phi) is 4.83. The van der Waals surface area contributed by atoms with E-state index in [1.807, 2.05) is 19.1 Å². The number of hydrogen-bond donors (Lipinski definition) is 2. The van der Waals surface area contributed by atoms with Crippen molar-refractivity contribution < 1.29 is 9.84 Å². The Labute approximate surface area is 115 Å². The molecule has 2 rings (SSSR count). The summed E-state index contributed by atoms with van der Waals surface area (Å²) in [5, 5.41) is 10.2. The fourth-order valence-corrected chi connectivity index (χ4v) is 2.54. The molecule has 1 fully saturated rings. The average molecular weight is 263 g/mol. The van der Waals surface area contributed by atoms with Crippen LogP contribution in [-0.2, 0) is 6.42 Å². The van der Waals surface area contributed by atoms with Crippen molar-refractivity contribution in [1.29, 1.82) is 0 Å². The molecule has 3 nitrogen and oxygen atoms in total. The maximum atomic E-state index is 10.2. The smallest absolute Gasteiger partial charge is 0.119 e. The van der Waals surface area contributed by atoms with Gasteiger partial charge in [0.1, 0.15) is 12.4 Å². The Morgan fingerprint density at radius 3 is 2.47 bits per heavy atom. The molecule has 0 spiro atoms. The van der Waals surface area contributed by atoms with Gasteiger partial charge >= 0.3 is 0 Å². The number of rotatable bonds is 6. The maximum absolute atomic E-state index is 10.2. The quantitative estimate of drug-likeness (QED) is 0.829. The van der Waals surface area contributed by atoms with Crippen LogP contribution in [0, 0.1) is 0 Å². The number of benzene rings is 1. The molecule has 0 heterocycles. The summed E-state index contributed by atoms with van der Waals surface area (Å²) in [6.07, 6.45) is 5.94. The lowest BCUT2D eigenvalue weighted by molar-refractivity contribution is 0.00140. The van der Waals surface area contributed by atoms with Crippen LogP contribution in [0.3, 0.4) is 0 Å². The monoisotopic (exact) mass is 263 g/mol. The normalized spacial score (nSPS) is 19.3. The summed E-state index contributed by atoms with van der Waals surface area (Å²) < 4.78 is 5.70. The molecule has 106 valence electrons. The number of hydrogen-bond acceptors (Lipinski definition) is 3. The van der Waals surface area contributed by atoms with E-state index in [9.17, 15) is 5.11 Å². The zero-order valence-electron chi connectivity index (χ0n) is 11.8. The molecule has 0 bridgehead atoms. The molecule has 1 unspecified atom stereocenters. The zero-order valence-corrected chi connectivity index (χ0v) is 11.8. The van der Waals surface area contributed by atoms with Gasteiger partial charge in [0.25, 0.3) is 0 Å². The summed E-state index contributed by atoms with van der Waals surface area (Å²) >= 11 is 0. The first kappa shape index (κ1) is 14.4. The van der Waals surface area contributed by atoms with Crippen molar-refractivity contribution in [2.45, 2.75) is 57.1 Å². The largest absolute Gasteiger partial charge is 0.491 e. The molecule has 1 aliphatic carbocycles. The standard InChI is InChI=1S/C16H25NO2/c1-13(17)4-5-14-6-8-15(9-7-14)19-12-16(18)10-2-3-11-16/h6-9,13,18H,2-5,10-12,17H2,1H3. The van der Waals surface area contributed by atoms with Crippen LogP contribution in [0.4, 0.5) is 0 Å². The van der Waals surface area contributed by atoms with Crippen molar-refractivity contribution in [2.75, 3.05) is 6.61 Å². The van der Waals surface area contributed by atoms with Crippen molar-refractivity contribution in [3.8, 4) is 5.75 Å². The van der Waals surface area contributed by atoms with E-state index in [0.29, 0.717) is 6.61 Å². The van der Waals surface area contributed by atoms with E-state index in [1.165, 1.54) is 5.56 Å². The lowest BCUT2D eigenvalue weighted by Gasteiger charge is -2.22. The number of ether oxygens (including phenoxy) is 1. The highest BCUT2D eigenvalue weighted by Crippen LogP contribution is 2.30. The van der Waals surface area contributed by atoms with E-state index in [2.05, 4.69) is 12.1 Å². The molecule has 3 N–H and O–H groups in total. The van der Waals surface area contributed by atoms with E-state index in [1.54, 1.807) is 0 Å². The molecule has 0 aliphatic heterocycles. The predicted molar refractivity (Wildman–Crippen MR) is 77.3 cm³/mol. The number of nitrogens with two attached hydrogens (primary N) is 1. The molecule has 1 saturated carbocycles. The van der Waals surface area contributed by atoms with E-state index < -0.39 is 5.60 Å². The summed E-state index contributed by atoms with van der Waals surface area (Å²) in [5.41, 5.74) is 6.43. The van der Waals surface area contributed by atoms with Crippen LogP contribution in [-0.4, -0.2) is 23.4 Å². The third-order valence-electron chi connectivity index (χ3n) is 3.85.